The lowest BCUT2D eigenvalue weighted by Crippen LogP contribution is -2.25. The highest BCUT2D eigenvalue weighted by Crippen LogP contribution is 2.25. The molecule has 32 heavy (non-hydrogen) atoms. The molecule has 0 aliphatic heterocycles. The third-order valence-corrected chi connectivity index (χ3v) is 5.76. The van der Waals surface area contributed by atoms with Gasteiger partial charge < -0.3 is 14.8 Å². The number of para-hydroxylation sites is 2. The predicted molar refractivity (Wildman–Crippen MR) is 129 cm³/mol. The maximum absolute atomic E-state index is 13.1. The van der Waals surface area contributed by atoms with E-state index in [0.717, 1.165) is 0 Å². The topological polar surface area (TPSA) is 82.4 Å². The minimum atomic E-state index is -0.219. The summed E-state index contributed by atoms with van der Waals surface area (Å²) in [5, 5.41) is 4.32. The molecule has 170 valence electrons. The Morgan fingerprint density at radius 2 is 2.00 bits per heavy atom. The number of anilines is 1. The molecule has 0 aliphatic carbocycles. The number of rotatable bonds is 11. The zero-order valence-corrected chi connectivity index (χ0v) is 19.7. The summed E-state index contributed by atoms with van der Waals surface area (Å²) in [6.07, 6.45) is 0.663. The average Bonchev–Trinajstić information content (AvgIpc) is 2.78. The summed E-state index contributed by atoms with van der Waals surface area (Å²) in [6.45, 7) is 5.92. The quantitative estimate of drug-likeness (QED) is 0.248. The van der Waals surface area contributed by atoms with Crippen molar-refractivity contribution < 1.29 is 14.3 Å². The number of amides is 1. The van der Waals surface area contributed by atoms with E-state index in [4.69, 9.17) is 21.1 Å². The fourth-order valence-electron chi connectivity index (χ4n) is 3.12. The summed E-state index contributed by atoms with van der Waals surface area (Å²) in [5.74, 6) is 0.480. The number of carbonyl (C=O) groups is 1. The minimum absolute atomic E-state index is 0.0877. The standard InChI is InChI=1S/C23H26ClN3O4S/c1-3-30-13-7-12-27-22(29)17-11-10-16(24)14-19(17)26-23(27)32-15-21(28)25-18-8-5-6-9-20(18)31-4-2/h5-6,8-11,14H,3-4,7,12-13,15H2,1-2H3,(H,25,28). The molecule has 1 aromatic heterocycles. The lowest BCUT2D eigenvalue weighted by Gasteiger charge is -2.14. The van der Waals surface area contributed by atoms with Crippen molar-refractivity contribution in [3.63, 3.8) is 0 Å². The molecule has 0 bridgehead atoms. The van der Waals surface area contributed by atoms with Gasteiger partial charge in [-0.2, -0.15) is 0 Å². The van der Waals surface area contributed by atoms with Gasteiger partial charge in [0.25, 0.3) is 5.56 Å². The first kappa shape index (κ1) is 24.1. The van der Waals surface area contributed by atoms with Crippen LogP contribution in [0.15, 0.2) is 52.4 Å². The van der Waals surface area contributed by atoms with Crippen LogP contribution in [-0.2, 0) is 16.1 Å². The molecule has 7 nitrogen and oxygen atoms in total. The van der Waals surface area contributed by atoms with E-state index in [1.165, 1.54) is 11.8 Å². The maximum Gasteiger partial charge on any atom is 0.262 e. The number of thioether (sulfide) groups is 1. The molecule has 1 heterocycles. The van der Waals surface area contributed by atoms with E-state index in [2.05, 4.69) is 10.3 Å². The van der Waals surface area contributed by atoms with Gasteiger partial charge in [0.05, 0.1) is 29.0 Å². The zero-order valence-electron chi connectivity index (χ0n) is 18.1. The van der Waals surface area contributed by atoms with E-state index in [0.29, 0.717) is 65.3 Å². The van der Waals surface area contributed by atoms with Gasteiger partial charge in [0.15, 0.2) is 5.16 Å². The molecule has 0 saturated heterocycles. The van der Waals surface area contributed by atoms with Crippen molar-refractivity contribution in [1.82, 2.24) is 9.55 Å². The SMILES string of the molecule is CCOCCCn1c(SCC(=O)Nc2ccccc2OCC)nc2cc(Cl)ccc2c1=O. The van der Waals surface area contributed by atoms with Gasteiger partial charge in [-0.1, -0.05) is 35.5 Å². The van der Waals surface area contributed by atoms with Gasteiger partial charge in [-0.25, -0.2) is 4.98 Å². The van der Waals surface area contributed by atoms with Crippen LogP contribution in [0, 0.1) is 0 Å². The van der Waals surface area contributed by atoms with Gasteiger partial charge in [0.1, 0.15) is 5.75 Å². The Balaban J connectivity index is 1.80. The molecule has 0 fully saturated rings. The molecule has 3 rings (SSSR count). The molecule has 0 aliphatic rings. The average molecular weight is 476 g/mol. The van der Waals surface area contributed by atoms with E-state index in [1.807, 2.05) is 26.0 Å². The predicted octanol–water partition coefficient (Wildman–Crippen LogP) is 4.61. The number of halogens is 1. The third kappa shape index (κ3) is 6.25. The van der Waals surface area contributed by atoms with Crippen molar-refractivity contribution in [2.45, 2.75) is 32.0 Å². The molecule has 0 spiro atoms. The molecule has 9 heteroatoms. The molecule has 1 amide bonds. The van der Waals surface area contributed by atoms with Crippen LogP contribution in [0.3, 0.4) is 0 Å². The molecular weight excluding hydrogens is 450 g/mol. The Hall–Kier alpha value is -2.55. The number of benzene rings is 2. The number of nitrogens with zero attached hydrogens (tertiary/aromatic N) is 2. The maximum atomic E-state index is 13.1. The van der Waals surface area contributed by atoms with Gasteiger partial charge in [0.2, 0.25) is 5.91 Å². The number of aromatic nitrogens is 2. The highest BCUT2D eigenvalue weighted by atomic mass is 35.5. The molecule has 0 saturated carbocycles. The van der Waals surface area contributed by atoms with Crippen LogP contribution in [0.1, 0.15) is 20.3 Å². The van der Waals surface area contributed by atoms with Crippen LogP contribution in [0.25, 0.3) is 10.9 Å². The second-order valence-electron chi connectivity index (χ2n) is 6.83. The number of carbonyl (C=O) groups excluding carboxylic acids is 1. The Labute approximate surface area is 196 Å². The van der Waals surface area contributed by atoms with Crippen molar-refractivity contribution in [1.29, 1.82) is 0 Å². The van der Waals surface area contributed by atoms with Gasteiger partial charge in [0, 0.05) is 24.8 Å². The van der Waals surface area contributed by atoms with Crippen molar-refractivity contribution in [2.75, 3.05) is 30.9 Å². The van der Waals surface area contributed by atoms with Crippen molar-refractivity contribution in [2.24, 2.45) is 0 Å². The smallest absolute Gasteiger partial charge is 0.262 e. The summed E-state index contributed by atoms with van der Waals surface area (Å²) in [4.78, 5) is 30.3. The van der Waals surface area contributed by atoms with Crippen LogP contribution in [0.5, 0.6) is 5.75 Å². The monoisotopic (exact) mass is 475 g/mol. The van der Waals surface area contributed by atoms with E-state index in [-0.39, 0.29) is 17.2 Å². The lowest BCUT2D eigenvalue weighted by atomic mass is 10.2. The summed E-state index contributed by atoms with van der Waals surface area (Å²) >= 11 is 7.30. The van der Waals surface area contributed by atoms with E-state index in [9.17, 15) is 9.59 Å². The highest BCUT2D eigenvalue weighted by Gasteiger charge is 2.15. The molecular formula is C23H26ClN3O4S. The first-order valence-corrected chi connectivity index (χ1v) is 11.8. The number of nitrogens with one attached hydrogen (secondary N) is 1. The Morgan fingerprint density at radius 3 is 2.78 bits per heavy atom. The van der Waals surface area contributed by atoms with Crippen molar-refractivity contribution >= 4 is 45.9 Å². The molecule has 0 atom stereocenters. The van der Waals surface area contributed by atoms with Crippen molar-refractivity contribution in [3.8, 4) is 5.75 Å². The van der Waals surface area contributed by atoms with Gasteiger partial charge in [-0.15, -0.1) is 0 Å². The van der Waals surface area contributed by atoms with E-state index in [1.54, 1.807) is 34.9 Å². The summed E-state index contributed by atoms with van der Waals surface area (Å²) in [5.41, 5.74) is 0.952. The summed E-state index contributed by atoms with van der Waals surface area (Å²) in [6, 6.07) is 12.3. The number of fused-ring (bicyclic) bond motifs is 1. The Morgan fingerprint density at radius 1 is 1.19 bits per heavy atom. The second-order valence-corrected chi connectivity index (χ2v) is 8.21. The number of ether oxygens (including phenoxy) is 2. The third-order valence-electron chi connectivity index (χ3n) is 4.55. The van der Waals surface area contributed by atoms with E-state index >= 15 is 0 Å². The molecule has 0 radical (unpaired) electrons. The molecule has 2 aromatic carbocycles. The Kier molecular flexibility index (Phi) is 8.96. The number of hydrogen-bond donors (Lipinski definition) is 1. The van der Waals surface area contributed by atoms with Gasteiger partial charge >= 0.3 is 0 Å². The fourth-order valence-corrected chi connectivity index (χ4v) is 4.11. The van der Waals surface area contributed by atoms with Crippen LogP contribution < -0.4 is 15.6 Å². The van der Waals surface area contributed by atoms with Crippen molar-refractivity contribution in [3.05, 3.63) is 57.8 Å². The normalized spacial score (nSPS) is 11.0. The number of hydrogen-bond acceptors (Lipinski definition) is 6. The van der Waals surface area contributed by atoms with Gasteiger partial charge in [-0.05, 0) is 50.6 Å². The van der Waals surface area contributed by atoms with Crippen LogP contribution in [0.4, 0.5) is 5.69 Å². The zero-order chi connectivity index (χ0) is 22.9. The Bertz CT molecular complexity index is 1140. The summed E-state index contributed by atoms with van der Waals surface area (Å²) in [7, 11) is 0. The second kappa shape index (κ2) is 11.9. The van der Waals surface area contributed by atoms with Crippen LogP contribution in [-0.4, -0.2) is 41.0 Å². The van der Waals surface area contributed by atoms with E-state index < -0.39 is 0 Å². The first-order valence-electron chi connectivity index (χ1n) is 10.5. The summed E-state index contributed by atoms with van der Waals surface area (Å²) < 4.78 is 12.6. The first-order chi connectivity index (χ1) is 15.5. The fraction of sp³-hybridized carbons (Fsp3) is 0.348. The van der Waals surface area contributed by atoms with Crippen LogP contribution in [0.2, 0.25) is 5.02 Å². The van der Waals surface area contributed by atoms with Gasteiger partial charge in [-0.3, -0.25) is 14.2 Å². The molecule has 0 unspecified atom stereocenters. The molecule has 1 N–H and O–H groups in total. The van der Waals surface area contributed by atoms with Crippen LogP contribution >= 0.6 is 23.4 Å². The lowest BCUT2D eigenvalue weighted by molar-refractivity contribution is -0.113. The highest BCUT2D eigenvalue weighted by molar-refractivity contribution is 7.99. The minimum Gasteiger partial charge on any atom is -0.492 e. The largest absolute Gasteiger partial charge is 0.492 e. The molecule has 3 aromatic rings.